The smallest absolute Gasteiger partial charge is 0.193 e. The van der Waals surface area contributed by atoms with Gasteiger partial charge >= 0.3 is 0 Å². The van der Waals surface area contributed by atoms with Gasteiger partial charge in [-0.05, 0) is 80.9 Å². The van der Waals surface area contributed by atoms with Crippen molar-refractivity contribution in [3.8, 4) is 11.8 Å². The number of hydrogen-bond donors (Lipinski definition) is 0. The van der Waals surface area contributed by atoms with Gasteiger partial charge in [-0.15, -0.1) is 0 Å². The van der Waals surface area contributed by atoms with Crippen LogP contribution in [0.4, 0.5) is 11.5 Å². The second-order valence-electron chi connectivity index (χ2n) is 12.2. The van der Waals surface area contributed by atoms with E-state index in [1.165, 1.54) is 0 Å². The van der Waals surface area contributed by atoms with E-state index in [0.717, 1.165) is 59.8 Å². The molecular weight excluding hydrogens is 490 g/mol. The summed E-state index contributed by atoms with van der Waals surface area (Å²) in [4.78, 5) is 12.0. The van der Waals surface area contributed by atoms with Gasteiger partial charge in [0.1, 0.15) is 29.0 Å². The molecule has 1 atom stereocenters. The molecular formula is C30H43N5O2Si. The van der Waals surface area contributed by atoms with Gasteiger partial charge in [0.05, 0.1) is 24.9 Å². The van der Waals surface area contributed by atoms with E-state index in [-0.39, 0.29) is 11.1 Å². The Morgan fingerprint density at radius 3 is 2.39 bits per heavy atom. The molecule has 0 saturated heterocycles. The summed E-state index contributed by atoms with van der Waals surface area (Å²) in [5.74, 6) is 3.18. The fraction of sp³-hybridized carbons (Fsp3) is 0.567. The van der Waals surface area contributed by atoms with Crippen LogP contribution in [0.5, 0.6) is 5.75 Å². The zero-order chi connectivity index (χ0) is 27.7. The first-order valence-corrected chi connectivity index (χ1v) is 16.7. The summed E-state index contributed by atoms with van der Waals surface area (Å²) in [6.07, 6.45) is 6.65. The van der Waals surface area contributed by atoms with E-state index in [2.05, 4.69) is 62.4 Å². The molecule has 0 unspecified atom stereocenters. The maximum atomic E-state index is 9.21. The van der Waals surface area contributed by atoms with Gasteiger partial charge in [-0.3, -0.25) is 0 Å². The quantitative estimate of drug-likeness (QED) is 0.274. The van der Waals surface area contributed by atoms with E-state index in [1.54, 1.807) is 7.11 Å². The Labute approximate surface area is 228 Å². The largest absolute Gasteiger partial charge is 0.497 e. The lowest BCUT2D eigenvalue weighted by Crippen LogP contribution is -2.41. The topological polar surface area (TPSA) is 76.2 Å². The van der Waals surface area contributed by atoms with E-state index in [4.69, 9.17) is 19.1 Å². The van der Waals surface area contributed by atoms with Crippen LogP contribution in [0.25, 0.3) is 11.0 Å². The number of pyridine rings is 1. The van der Waals surface area contributed by atoms with Crippen molar-refractivity contribution in [2.75, 3.05) is 19.1 Å². The standard InChI is InChI=1S/C30H43N5O2Si/c1-21(37-38(7,8)30(2,3)4)29-33-26-20-32-28(34(5)23-13-15-25(36-6)16-14-23)19-27(26)35(29)24-11-9-22(10-12-24)17-18-31/h13-16,19-22,24H,9-12,17H2,1-8H3/t21-,22?,24?/m1/s1. The number of hydrogen-bond acceptors (Lipinski definition) is 6. The number of imidazole rings is 1. The van der Waals surface area contributed by atoms with Gasteiger partial charge in [0.15, 0.2) is 8.32 Å². The molecule has 0 radical (unpaired) electrons. The predicted octanol–water partition coefficient (Wildman–Crippen LogP) is 7.94. The molecule has 1 aromatic carbocycles. The summed E-state index contributed by atoms with van der Waals surface area (Å²) in [5.41, 5.74) is 3.03. The van der Waals surface area contributed by atoms with Crippen LogP contribution in [-0.4, -0.2) is 37.0 Å². The van der Waals surface area contributed by atoms with Crippen LogP contribution in [0, 0.1) is 17.2 Å². The minimum Gasteiger partial charge on any atom is -0.497 e. The van der Waals surface area contributed by atoms with E-state index >= 15 is 0 Å². The number of aromatic nitrogens is 3. The number of rotatable bonds is 8. The Kier molecular flexibility index (Phi) is 8.19. The number of methoxy groups -OCH3 is 1. The van der Waals surface area contributed by atoms with Crippen LogP contribution in [0.2, 0.25) is 18.1 Å². The summed E-state index contributed by atoms with van der Waals surface area (Å²) in [7, 11) is 1.71. The van der Waals surface area contributed by atoms with Crippen LogP contribution in [0.1, 0.15) is 77.8 Å². The lowest BCUT2D eigenvalue weighted by molar-refractivity contribution is 0.180. The fourth-order valence-corrected chi connectivity index (χ4v) is 6.55. The molecule has 8 heteroatoms. The molecule has 204 valence electrons. The van der Waals surface area contributed by atoms with E-state index in [9.17, 15) is 5.26 Å². The molecule has 0 aliphatic heterocycles. The molecule has 1 saturated carbocycles. The van der Waals surface area contributed by atoms with Crippen LogP contribution in [-0.2, 0) is 4.43 Å². The van der Waals surface area contributed by atoms with Gasteiger partial charge in [-0.2, -0.15) is 5.26 Å². The number of nitrogens with zero attached hydrogens (tertiary/aromatic N) is 5. The molecule has 2 heterocycles. The number of anilines is 2. The van der Waals surface area contributed by atoms with Gasteiger partial charge in [-0.1, -0.05) is 20.8 Å². The van der Waals surface area contributed by atoms with Gasteiger partial charge in [0, 0.05) is 31.3 Å². The van der Waals surface area contributed by atoms with Crippen molar-refractivity contribution < 1.29 is 9.16 Å². The Bertz CT molecular complexity index is 1280. The van der Waals surface area contributed by atoms with E-state index in [0.29, 0.717) is 18.4 Å². The summed E-state index contributed by atoms with van der Waals surface area (Å²) >= 11 is 0. The van der Waals surface area contributed by atoms with Crippen molar-refractivity contribution in [1.29, 1.82) is 5.26 Å². The molecule has 0 N–H and O–H groups in total. The Hall–Kier alpha value is -2.89. The molecule has 38 heavy (non-hydrogen) atoms. The molecule has 3 aromatic rings. The summed E-state index contributed by atoms with van der Waals surface area (Å²) < 4.78 is 14.6. The van der Waals surface area contributed by atoms with Gasteiger partial charge in [0.2, 0.25) is 0 Å². The van der Waals surface area contributed by atoms with Crippen LogP contribution in [0.3, 0.4) is 0 Å². The lowest BCUT2D eigenvalue weighted by Gasteiger charge is -2.39. The molecule has 1 aliphatic rings. The number of ether oxygens (including phenoxy) is 1. The first kappa shape index (κ1) is 28.1. The molecule has 1 fully saturated rings. The maximum Gasteiger partial charge on any atom is 0.193 e. The second kappa shape index (κ2) is 11.1. The molecule has 7 nitrogen and oxygen atoms in total. The van der Waals surface area contributed by atoms with Crippen molar-refractivity contribution in [2.45, 2.75) is 90.1 Å². The van der Waals surface area contributed by atoms with Crippen molar-refractivity contribution in [3.63, 3.8) is 0 Å². The molecule has 0 spiro atoms. The van der Waals surface area contributed by atoms with Gasteiger partial charge < -0.3 is 18.6 Å². The molecule has 0 amide bonds. The van der Waals surface area contributed by atoms with Crippen molar-refractivity contribution in [3.05, 3.63) is 42.4 Å². The van der Waals surface area contributed by atoms with Crippen molar-refractivity contribution in [1.82, 2.24) is 14.5 Å². The predicted molar refractivity (Wildman–Crippen MR) is 157 cm³/mol. The number of benzene rings is 1. The summed E-state index contributed by atoms with van der Waals surface area (Å²) in [6.45, 7) is 13.6. The fourth-order valence-electron chi connectivity index (χ4n) is 5.21. The highest BCUT2D eigenvalue weighted by molar-refractivity contribution is 6.74. The first-order valence-electron chi connectivity index (χ1n) is 13.8. The third kappa shape index (κ3) is 5.74. The Morgan fingerprint density at radius 2 is 1.82 bits per heavy atom. The monoisotopic (exact) mass is 533 g/mol. The zero-order valence-electron chi connectivity index (χ0n) is 24.3. The van der Waals surface area contributed by atoms with E-state index < -0.39 is 8.32 Å². The Morgan fingerprint density at radius 1 is 1.16 bits per heavy atom. The highest BCUT2D eigenvalue weighted by atomic mass is 28.4. The maximum absolute atomic E-state index is 9.21. The third-order valence-corrected chi connectivity index (χ3v) is 13.1. The molecule has 2 aromatic heterocycles. The average Bonchev–Trinajstić information content (AvgIpc) is 3.27. The van der Waals surface area contributed by atoms with Gasteiger partial charge in [0.25, 0.3) is 0 Å². The summed E-state index contributed by atoms with van der Waals surface area (Å²) in [5, 5.41) is 9.32. The SMILES string of the molecule is COc1ccc(N(C)c2cc3c(cn2)nc([C@@H](C)O[Si](C)(C)C(C)(C)C)n3C2CCC(CC#N)CC2)cc1. The average molecular weight is 534 g/mol. The van der Waals surface area contributed by atoms with Crippen LogP contribution < -0.4 is 9.64 Å². The summed E-state index contributed by atoms with van der Waals surface area (Å²) in [6, 6.07) is 12.9. The minimum absolute atomic E-state index is 0.114. The zero-order valence-corrected chi connectivity index (χ0v) is 25.3. The first-order chi connectivity index (χ1) is 17.9. The number of nitriles is 1. The van der Waals surface area contributed by atoms with Crippen LogP contribution >= 0.6 is 0 Å². The van der Waals surface area contributed by atoms with Crippen molar-refractivity contribution in [2.24, 2.45) is 5.92 Å². The lowest BCUT2D eigenvalue weighted by atomic mass is 9.84. The second-order valence-corrected chi connectivity index (χ2v) is 16.9. The minimum atomic E-state index is -2.00. The normalized spacial score (nSPS) is 19.2. The highest BCUT2D eigenvalue weighted by Gasteiger charge is 2.40. The Balaban J connectivity index is 1.74. The molecule has 4 rings (SSSR count). The van der Waals surface area contributed by atoms with E-state index in [1.807, 2.05) is 37.5 Å². The molecule has 1 aliphatic carbocycles. The van der Waals surface area contributed by atoms with Crippen molar-refractivity contribution >= 4 is 30.9 Å². The van der Waals surface area contributed by atoms with Gasteiger partial charge in [-0.25, -0.2) is 9.97 Å². The third-order valence-electron chi connectivity index (χ3n) is 8.59. The van der Waals surface area contributed by atoms with Crippen LogP contribution in [0.15, 0.2) is 36.5 Å². The highest BCUT2D eigenvalue weighted by Crippen LogP contribution is 2.42. The number of fused-ring (bicyclic) bond motifs is 1. The molecule has 0 bridgehead atoms.